The normalized spacial score (nSPS) is 12.3. The van der Waals surface area contributed by atoms with E-state index in [0.29, 0.717) is 0 Å². The van der Waals surface area contributed by atoms with E-state index < -0.39 is 0 Å². The van der Waals surface area contributed by atoms with E-state index in [2.05, 4.69) is 84.5 Å². The molecule has 4 rings (SSSR count). The Morgan fingerprint density at radius 3 is 2.25 bits per heavy atom. The second-order valence-electron chi connectivity index (χ2n) is 7.57. The minimum atomic E-state index is 0.187. The van der Waals surface area contributed by atoms with E-state index in [1.807, 2.05) is 6.92 Å². The van der Waals surface area contributed by atoms with Crippen molar-refractivity contribution in [2.45, 2.75) is 39.7 Å². The van der Waals surface area contributed by atoms with E-state index in [0.717, 1.165) is 18.0 Å². The lowest BCUT2D eigenvalue weighted by Crippen LogP contribution is -2.11. The third-order valence-corrected chi connectivity index (χ3v) is 4.64. The average Bonchev–Trinajstić information content (AvgIpc) is 3.05. The molecule has 0 N–H and O–H groups in total. The molecule has 0 aliphatic carbocycles. The van der Waals surface area contributed by atoms with Crippen LogP contribution in [-0.2, 0) is 12.0 Å². The maximum absolute atomic E-state index is 4.73. The number of nitrogens with zero attached hydrogens (tertiary/aromatic N) is 3. The Bertz CT molecular complexity index is 1010. The molecule has 3 nitrogen and oxygen atoms in total. The first-order valence-corrected chi connectivity index (χ1v) is 8.46. The molecule has 0 saturated carbocycles. The highest BCUT2D eigenvalue weighted by atomic mass is 15.2. The number of fused-ring (bicyclic) bond motifs is 3. The van der Waals surface area contributed by atoms with Crippen LogP contribution in [0.25, 0.3) is 16.8 Å². The third kappa shape index (κ3) is 2.41. The van der Waals surface area contributed by atoms with Crippen LogP contribution in [-0.4, -0.2) is 14.0 Å². The Kier molecular flexibility index (Phi) is 3.27. The number of hydrogen-bond acceptors (Lipinski definition) is 1. The molecule has 0 spiro atoms. The van der Waals surface area contributed by atoms with E-state index >= 15 is 0 Å². The van der Waals surface area contributed by atoms with Crippen LogP contribution in [0, 0.1) is 6.92 Å². The predicted molar refractivity (Wildman–Crippen MR) is 99.7 cm³/mol. The molecule has 0 amide bonds. The first kappa shape index (κ1) is 15.0. The second kappa shape index (κ2) is 5.23. The summed E-state index contributed by atoms with van der Waals surface area (Å²) < 4.78 is 4.49. The van der Waals surface area contributed by atoms with Crippen LogP contribution in [0.3, 0.4) is 0 Å². The van der Waals surface area contributed by atoms with Gasteiger partial charge >= 0.3 is 0 Å². The summed E-state index contributed by atoms with van der Waals surface area (Å²) in [6.45, 7) is 9.62. The van der Waals surface area contributed by atoms with Crippen molar-refractivity contribution in [1.29, 1.82) is 0 Å². The molecule has 122 valence electrons. The molecule has 0 unspecified atom stereocenters. The lowest BCUT2D eigenvalue weighted by Gasteiger charge is -2.19. The van der Waals surface area contributed by atoms with Crippen LogP contribution in [0.1, 0.15) is 37.6 Å². The van der Waals surface area contributed by atoms with Crippen LogP contribution < -0.4 is 0 Å². The number of aryl methyl sites for hydroxylation is 1. The molecule has 0 radical (unpaired) electrons. The highest BCUT2D eigenvalue weighted by molar-refractivity contribution is 5.81. The molecule has 0 bridgehead atoms. The number of imidazole rings is 2. The molecular weight excluding hydrogens is 294 g/mol. The molecule has 0 atom stereocenters. The van der Waals surface area contributed by atoms with Gasteiger partial charge in [-0.1, -0.05) is 57.2 Å². The smallest absolute Gasteiger partial charge is 0.215 e. The molecule has 3 heteroatoms. The van der Waals surface area contributed by atoms with E-state index in [1.54, 1.807) is 0 Å². The largest absolute Gasteiger partial charge is 0.305 e. The number of benzene rings is 2. The van der Waals surface area contributed by atoms with Gasteiger partial charge in [0.15, 0.2) is 0 Å². The monoisotopic (exact) mass is 317 g/mol. The van der Waals surface area contributed by atoms with Gasteiger partial charge in [0.05, 0.1) is 23.3 Å². The first-order chi connectivity index (χ1) is 11.4. The molecule has 0 aliphatic heterocycles. The Morgan fingerprint density at radius 2 is 1.58 bits per heavy atom. The Morgan fingerprint density at radius 1 is 0.917 bits per heavy atom. The van der Waals surface area contributed by atoms with Crippen LogP contribution in [0.2, 0.25) is 0 Å². The van der Waals surface area contributed by atoms with Crippen LogP contribution >= 0.6 is 0 Å². The van der Waals surface area contributed by atoms with Crippen molar-refractivity contribution in [2.75, 3.05) is 0 Å². The molecule has 2 aromatic carbocycles. The van der Waals surface area contributed by atoms with Crippen molar-refractivity contribution < 1.29 is 0 Å². The summed E-state index contributed by atoms with van der Waals surface area (Å²) in [6.07, 6.45) is 2.11. The predicted octanol–water partition coefficient (Wildman–Crippen LogP) is 4.94. The number of rotatable bonds is 2. The topological polar surface area (TPSA) is 22.2 Å². The summed E-state index contributed by atoms with van der Waals surface area (Å²) in [7, 11) is 0. The molecule has 4 aromatic rings. The summed E-state index contributed by atoms with van der Waals surface area (Å²) >= 11 is 0. The average molecular weight is 317 g/mol. The van der Waals surface area contributed by atoms with Crippen molar-refractivity contribution in [3.05, 3.63) is 71.5 Å². The van der Waals surface area contributed by atoms with E-state index in [4.69, 9.17) is 4.98 Å². The summed E-state index contributed by atoms with van der Waals surface area (Å²) in [6, 6.07) is 17.5. The highest BCUT2D eigenvalue weighted by Gasteiger charge is 2.15. The Hall–Kier alpha value is -2.55. The van der Waals surface area contributed by atoms with Gasteiger partial charge in [-0.2, -0.15) is 0 Å². The molecule has 24 heavy (non-hydrogen) atoms. The van der Waals surface area contributed by atoms with Gasteiger partial charge in [-0.05, 0) is 35.6 Å². The maximum Gasteiger partial charge on any atom is 0.215 e. The summed E-state index contributed by atoms with van der Waals surface area (Å²) in [5.74, 6) is 1.01. The lowest BCUT2D eigenvalue weighted by atomic mass is 9.87. The fraction of sp³-hybridized carbons (Fsp3) is 0.286. The quantitative estimate of drug-likeness (QED) is 0.513. The van der Waals surface area contributed by atoms with Gasteiger partial charge < -0.3 is 4.57 Å². The number of hydrogen-bond donors (Lipinski definition) is 0. The second-order valence-corrected chi connectivity index (χ2v) is 7.57. The standard InChI is InChI=1S/C21H23N3/c1-15-13-23-18-7-5-6-8-19(18)24(20(23)22-15)14-16-9-11-17(12-10-16)21(2,3)4/h5-13H,14H2,1-4H3. The zero-order valence-corrected chi connectivity index (χ0v) is 14.7. The third-order valence-electron chi connectivity index (χ3n) is 4.64. The van der Waals surface area contributed by atoms with Gasteiger partial charge in [0.2, 0.25) is 5.78 Å². The fourth-order valence-electron chi connectivity index (χ4n) is 3.31. The van der Waals surface area contributed by atoms with Gasteiger partial charge in [-0.3, -0.25) is 4.40 Å². The summed E-state index contributed by atoms with van der Waals surface area (Å²) in [5.41, 5.74) is 6.33. The van der Waals surface area contributed by atoms with Gasteiger partial charge in [-0.15, -0.1) is 0 Å². The van der Waals surface area contributed by atoms with Gasteiger partial charge in [0.1, 0.15) is 0 Å². The molecule has 2 heterocycles. The SMILES string of the molecule is Cc1cn2c3ccccc3n(Cc3ccc(C(C)(C)C)cc3)c2n1. The van der Waals surface area contributed by atoms with Gasteiger partial charge in [0, 0.05) is 6.20 Å². The zero-order chi connectivity index (χ0) is 16.9. The first-order valence-electron chi connectivity index (χ1n) is 8.46. The fourth-order valence-corrected chi connectivity index (χ4v) is 3.31. The molecule has 0 aliphatic rings. The van der Waals surface area contributed by atoms with Crippen molar-refractivity contribution in [2.24, 2.45) is 0 Å². The van der Waals surface area contributed by atoms with E-state index in [-0.39, 0.29) is 5.41 Å². The summed E-state index contributed by atoms with van der Waals surface area (Å²) in [5, 5.41) is 0. The molecule has 0 fully saturated rings. The zero-order valence-electron chi connectivity index (χ0n) is 14.7. The van der Waals surface area contributed by atoms with Crippen molar-refractivity contribution in [1.82, 2.24) is 14.0 Å². The Labute approximate surface area is 142 Å². The summed E-state index contributed by atoms with van der Waals surface area (Å²) in [4.78, 5) is 4.73. The van der Waals surface area contributed by atoms with E-state index in [1.165, 1.54) is 22.2 Å². The van der Waals surface area contributed by atoms with Crippen molar-refractivity contribution >= 4 is 16.8 Å². The highest BCUT2D eigenvalue weighted by Crippen LogP contribution is 2.25. The van der Waals surface area contributed by atoms with Crippen LogP contribution in [0.5, 0.6) is 0 Å². The molecule has 2 aromatic heterocycles. The van der Waals surface area contributed by atoms with E-state index in [9.17, 15) is 0 Å². The van der Waals surface area contributed by atoms with Crippen molar-refractivity contribution in [3.8, 4) is 0 Å². The van der Waals surface area contributed by atoms with Crippen LogP contribution in [0.15, 0.2) is 54.7 Å². The van der Waals surface area contributed by atoms with Gasteiger partial charge in [-0.25, -0.2) is 4.98 Å². The minimum absolute atomic E-state index is 0.187. The number of aromatic nitrogens is 3. The maximum atomic E-state index is 4.73. The lowest BCUT2D eigenvalue weighted by molar-refractivity contribution is 0.590. The Balaban J connectivity index is 1.81. The van der Waals surface area contributed by atoms with Crippen LogP contribution in [0.4, 0.5) is 0 Å². The molecule has 0 saturated heterocycles. The molecular formula is C21H23N3. The van der Waals surface area contributed by atoms with Crippen molar-refractivity contribution in [3.63, 3.8) is 0 Å². The minimum Gasteiger partial charge on any atom is -0.305 e. The number of para-hydroxylation sites is 2. The van der Waals surface area contributed by atoms with Gasteiger partial charge in [0.25, 0.3) is 0 Å².